The van der Waals surface area contributed by atoms with E-state index in [0.29, 0.717) is 19.3 Å². The third-order valence-electron chi connectivity index (χ3n) is 10.5. The minimum Gasteiger partial charge on any atom is -0.394 e. The smallest absolute Gasteiger partial charge is 0.249 e. The molecule has 8 N–H and O–H groups in total. The SMILES string of the molecule is CCCCCCCCCCCCCC[C@@H](O)C(=O)N[C@@H](CO[C@@H]1O[C@H](CO)[C@@H](O)[C@H](O)[C@H]1O)[C@H](O)/C=C/CC[C@@H](O)[C@@H](C)CCCCCCCCC. The summed E-state index contributed by atoms with van der Waals surface area (Å²) in [7, 11) is 0. The first kappa shape index (κ1) is 48.9. The summed E-state index contributed by atoms with van der Waals surface area (Å²) in [6.07, 6.45) is 17.8. The number of amides is 1. The zero-order valence-corrected chi connectivity index (χ0v) is 33.0. The summed E-state index contributed by atoms with van der Waals surface area (Å²) in [4.78, 5) is 13.0. The molecule has 0 unspecified atom stereocenters. The Morgan fingerprint density at radius 2 is 1.21 bits per heavy atom. The summed E-state index contributed by atoms with van der Waals surface area (Å²) in [5.74, 6) is -0.493. The molecule has 1 rings (SSSR count). The van der Waals surface area contributed by atoms with Gasteiger partial charge in [-0.3, -0.25) is 4.79 Å². The predicted octanol–water partition coefficient (Wildman–Crippen LogP) is 5.57. The number of nitrogens with one attached hydrogen (secondary N) is 1. The molecule has 1 heterocycles. The van der Waals surface area contributed by atoms with Crippen molar-refractivity contribution in [3.8, 4) is 0 Å². The molecular formula is C41H79NO10. The van der Waals surface area contributed by atoms with Crippen molar-refractivity contribution in [1.82, 2.24) is 5.32 Å². The first-order valence-corrected chi connectivity index (χ1v) is 21.0. The minimum atomic E-state index is -1.64. The minimum absolute atomic E-state index is 0.166. The molecule has 308 valence electrons. The van der Waals surface area contributed by atoms with Gasteiger partial charge in [0.1, 0.15) is 30.5 Å². The number of hydrogen-bond donors (Lipinski definition) is 8. The highest BCUT2D eigenvalue weighted by molar-refractivity contribution is 5.80. The van der Waals surface area contributed by atoms with Gasteiger partial charge in [0.2, 0.25) is 5.91 Å². The number of aliphatic hydroxyl groups is 7. The maximum atomic E-state index is 13.0. The van der Waals surface area contributed by atoms with Crippen LogP contribution < -0.4 is 5.32 Å². The molecule has 1 aliphatic heterocycles. The second kappa shape index (κ2) is 31.1. The van der Waals surface area contributed by atoms with Gasteiger partial charge >= 0.3 is 0 Å². The van der Waals surface area contributed by atoms with Gasteiger partial charge in [-0.15, -0.1) is 0 Å². The molecule has 0 saturated carbocycles. The van der Waals surface area contributed by atoms with Crippen LogP contribution in [0.2, 0.25) is 0 Å². The molecule has 0 aromatic heterocycles. The zero-order valence-electron chi connectivity index (χ0n) is 33.0. The number of carbonyl (C=O) groups is 1. The molecule has 0 aromatic rings. The third kappa shape index (κ3) is 21.7. The topological polar surface area (TPSA) is 189 Å². The molecule has 0 aromatic carbocycles. The van der Waals surface area contributed by atoms with Gasteiger partial charge in [0, 0.05) is 0 Å². The Balaban J connectivity index is 2.60. The molecule has 1 fully saturated rings. The highest BCUT2D eigenvalue weighted by atomic mass is 16.7. The zero-order chi connectivity index (χ0) is 38.6. The van der Waals surface area contributed by atoms with Crippen LogP contribution in [0.25, 0.3) is 0 Å². The molecule has 0 bridgehead atoms. The van der Waals surface area contributed by atoms with E-state index in [1.165, 1.54) is 96.0 Å². The van der Waals surface area contributed by atoms with Crippen LogP contribution >= 0.6 is 0 Å². The number of aliphatic hydroxyl groups excluding tert-OH is 7. The fraction of sp³-hybridized carbons (Fsp3) is 0.927. The lowest BCUT2D eigenvalue weighted by Gasteiger charge is -2.40. The van der Waals surface area contributed by atoms with Crippen molar-refractivity contribution < 1.29 is 50.0 Å². The van der Waals surface area contributed by atoms with Crippen molar-refractivity contribution >= 4 is 5.91 Å². The fourth-order valence-corrected chi connectivity index (χ4v) is 6.76. The van der Waals surface area contributed by atoms with Gasteiger partial charge in [-0.1, -0.05) is 155 Å². The Hall–Kier alpha value is -1.15. The molecule has 1 aliphatic rings. The van der Waals surface area contributed by atoms with Crippen molar-refractivity contribution in [1.29, 1.82) is 0 Å². The number of allylic oxidation sites excluding steroid dienone is 1. The Morgan fingerprint density at radius 1 is 0.712 bits per heavy atom. The van der Waals surface area contributed by atoms with Crippen molar-refractivity contribution in [3.63, 3.8) is 0 Å². The van der Waals surface area contributed by atoms with Crippen molar-refractivity contribution in [2.24, 2.45) is 5.92 Å². The van der Waals surface area contributed by atoms with E-state index >= 15 is 0 Å². The van der Waals surface area contributed by atoms with E-state index in [1.807, 2.05) is 0 Å². The van der Waals surface area contributed by atoms with Crippen LogP contribution in [0.3, 0.4) is 0 Å². The van der Waals surface area contributed by atoms with Crippen LogP contribution in [0.5, 0.6) is 0 Å². The van der Waals surface area contributed by atoms with Crippen molar-refractivity contribution in [2.75, 3.05) is 13.2 Å². The van der Waals surface area contributed by atoms with E-state index in [-0.39, 0.29) is 18.9 Å². The van der Waals surface area contributed by atoms with Crippen LogP contribution in [-0.4, -0.2) is 110 Å². The Bertz CT molecular complexity index is 877. The maximum Gasteiger partial charge on any atom is 0.249 e. The second-order valence-corrected chi connectivity index (χ2v) is 15.3. The van der Waals surface area contributed by atoms with Crippen LogP contribution in [0.1, 0.15) is 168 Å². The summed E-state index contributed by atoms with van der Waals surface area (Å²) in [6, 6.07) is -1.05. The van der Waals surface area contributed by atoms with Crippen LogP contribution in [0, 0.1) is 5.92 Å². The van der Waals surface area contributed by atoms with Gasteiger partial charge in [0.25, 0.3) is 0 Å². The lowest BCUT2D eigenvalue weighted by Crippen LogP contribution is -2.60. The van der Waals surface area contributed by atoms with Gasteiger partial charge < -0.3 is 50.5 Å². The third-order valence-corrected chi connectivity index (χ3v) is 10.5. The highest BCUT2D eigenvalue weighted by Gasteiger charge is 2.44. The molecule has 1 saturated heterocycles. The van der Waals surface area contributed by atoms with E-state index in [1.54, 1.807) is 6.08 Å². The first-order chi connectivity index (χ1) is 25.1. The van der Waals surface area contributed by atoms with Gasteiger partial charge in [-0.25, -0.2) is 0 Å². The molecule has 1 amide bonds. The quantitative estimate of drug-likeness (QED) is 0.0311. The number of carbonyl (C=O) groups excluding carboxylic acids is 1. The Morgan fingerprint density at radius 3 is 1.73 bits per heavy atom. The fourth-order valence-electron chi connectivity index (χ4n) is 6.76. The first-order valence-electron chi connectivity index (χ1n) is 21.0. The lowest BCUT2D eigenvalue weighted by molar-refractivity contribution is -0.302. The second-order valence-electron chi connectivity index (χ2n) is 15.3. The van der Waals surface area contributed by atoms with Crippen LogP contribution in [-0.2, 0) is 14.3 Å². The standard InChI is InChI=1S/C41H79NO10/c1-4-6-8-10-12-13-14-15-16-18-20-22-28-35(46)40(50)42-32(30-51-41-39(49)38(48)37(47)36(29-43)52-41)34(45)27-24-23-26-33(44)31(3)25-21-19-17-11-9-7-5-2/h24,27,31-39,41,43-49H,4-23,25-26,28-30H2,1-3H3,(H,42,50)/b27-24+/t31-,32-,33+,34+,35+,36+,37+,38-,39+,41+/m0/s1. The lowest BCUT2D eigenvalue weighted by atomic mass is 9.94. The van der Waals surface area contributed by atoms with E-state index in [4.69, 9.17) is 9.47 Å². The van der Waals surface area contributed by atoms with E-state index < -0.39 is 67.6 Å². The molecule has 0 radical (unpaired) electrons. The van der Waals surface area contributed by atoms with E-state index in [2.05, 4.69) is 26.1 Å². The molecule has 0 aliphatic carbocycles. The Kier molecular flexibility index (Phi) is 29.2. The largest absolute Gasteiger partial charge is 0.394 e. The van der Waals surface area contributed by atoms with E-state index in [9.17, 15) is 40.5 Å². The number of hydrogen-bond acceptors (Lipinski definition) is 10. The molecule has 11 nitrogen and oxygen atoms in total. The average molecular weight is 746 g/mol. The number of unbranched alkanes of at least 4 members (excludes halogenated alkanes) is 17. The molecular weight excluding hydrogens is 666 g/mol. The van der Waals surface area contributed by atoms with Crippen molar-refractivity contribution in [3.05, 3.63) is 12.2 Å². The number of rotatable bonds is 33. The van der Waals surface area contributed by atoms with Crippen molar-refractivity contribution in [2.45, 2.75) is 224 Å². The summed E-state index contributed by atoms with van der Waals surface area (Å²) in [6.45, 7) is 5.52. The summed E-state index contributed by atoms with van der Waals surface area (Å²) in [5, 5.41) is 75.1. The van der Waals surface area contributed by atoms with Gasteiger partial charge in [0.15, 0.2) is 6.29 Å². The monoisotopic (exact) mass is 746 g/mol. The van der Waals surface area contributed by atoms with E-state index in [0.717, 1.165) is 32.1 Å². The predicted molar refractivity (Wildman–Crippen MR) is 206 cm³/mol. The Labute approximate surface area is 315 Å². The number of ether oxygens (including phenoxy) is 2. The van der Waals surface area contributed by atoms with Crippen LogP contribution in [0.4, 0.5) is 0 Å². The van der Waals surface area contributed by atoms with Gasteiger partial charge in [0.05, 0.1) is 31.5 Å². The molecule has 10 atom stereocenters. The highest BCUT2D eigenvalue weighted by Crippen LogP contribution is 2.23. The van der Waals surface area contributed by atoms with Gasteiger partial charge in [-0.2, -0.15) is 0 Å². The molecule has 11 heteroatoms. The average Bonchev–Trinajstić information content (AvgIpc) is 3.14. The summed E-state index contributed by atoms with van der Waals surface area (Å²) >= 11 is 0. The summed E-state index contributed by atoms with van der Waals surface area (Å²) in [5.41, 5.74) is 0. The van der Waals surface area contributed by atoms with Crippen LogP contribution in [0.15, 0.2) is 12.2 Å². The summed E-state index contributed by atoms with van der Waals surface area (Å²) < 4.78 is 11.1. The maximum absolute atomic E-state index is 13.0. The normalized spacial score (nSPS) is 23.8. The van der Waals surface area contributed by atoms with Gasteiger partial charge in [-0.05, 0) is 31.6 Å². The molecule has 0 spiro atoms. The molecule has 52 heavy (non-hydrogen) atoms.